The van der Waals surface area contributed by atoms with Crippen molar-refractivity contribution in [2.45, 2.75) is 19.9 Å². The molecule has 1 atom stereocenters. The number of fused-ring (bicyclic) bond motifs is 3. The Morgan fingerprint density at radius 1 is 1.23 bits per heavy atom. The maximum Gasteiger partial charge on any atom is 0.338 e. The molecule has 6 heteroatoms. The Morgan fingerprint density at radius 2 is 1.96 bits per heavy atom. The highest BCUT2D eigenvalue weighted by Crippen LogP contribution is 2.39. The molecule has 132 valence electrons. The summed E-state index contributed by atoms with van der Waals surface area (Å²) in [5.74, 6) is 0.415. The van der Waals surface area contributed by atoms with E-state index in [9.17, 15) is 4.79 Å². The van der Waals surface area contributed by atoms with E-state index in [0.29, 0.717) is 12.2 Å². The van der Waals surface area contributed by atoms with Gasteiger partial charge in [-0.2, -0.15) is 0 Å². The Hall–Kier alpha value is -2.60. The molecule has 2 aromatic carbocycles. The molecule has 5 nitrogen and oxygen atoms in total. The first-order valence-electron chi connectivity index (χ1n) is 8.47. The van der Waals surface area contributed by atoms with Crippen LogP contribution in [0, 0.1) is 0 Å². The summed E-state index contributed by atoms with van der Waals surface area (Å²) in [5, 5.41) is 3.27. The minimum Gasteiger partial charge on any atom is -0.463 e. The SMILES string of the molecule is CCOC(=O)C1=C(C)Nc2nc3ccccc3n2C1c1ccc(Br)cc1. The molecule has 1 aliphatic heterocycles. The minimum atomic E-state index is -0.311. The van der Waals surface area contributed by atoms with Gasteiger partial charge in [-0.05, 0) is 43.7 Å². The Bertz CT molecular complexity index is 1020. The van der Waals surface area contributed by atoms with Gasteiger partial charge in [0, 0.05) is 10.2 Å². The van der Waals surface area contributed by atoms with Gasteiger partial charge in [-0.3, -0.25) is 4.57 Å². The van der Waals surface area contributed by atoms with Gasteiger partial charge in [0.05, 0.1) is 29.3 Å². The molecule has 0 spiro atoms. The fourth-order valence-electron chi connectivity index (χ4n) is 3.40. The molecule has 1 unspecified atom stereocenters. The summed E-state index contributed by atoms with van der Waals surface area (Å²) in [6, 6.07) is 15.6. The Kier molecular flexibility index (Phi) is 4.28. The third kappa shape index (κ3) is 2.70. The Labute approximate surface area is 159 Å². The van der Waals surface area contributed by atoms with Crippen molar-refractivity contribution in [3.8, 4) is 0 Å². The summed E-state index contributed by atoms with van der Waals surface area (Å²) in [7, 11) is 0. The van der Waals surface area contributed by atoms with Crippen molar-refractivity contribution in [1.82, 2.24) is 9.55 Å². The normalized spacial score (nSPS) is 16.3. The van der Waals surface area contributed by atoms with Gasteiger partial charge in [-0.1, -0.05) is 40.2 Å². The van der Waals surface area contributed by atoms with Crippen molar-refractivity contribution in [3.63, 3.8) is 0 Å². The standard InChI is InChI=1S/C20H18BrN3O2/c1-3-26-19(25)17-12(2)22-20-23-15-6-4-5-7-16(15)24(20)18(17)13-8-10-14(21)11-9-13/h4-11,18H,3H2,1-2H3,(H,22,23). The Morgan fingerprint density at radius 3 is 2.69 bits per heavy atom. The average Bonchev–Trinajstić information content (AvgIpc) is 2.99. The van der Waals surface area contributed by atoms with Gasteiger partial charge in [0.25, 0.3) is 0 Å². The van der Waals surface area contributed by atoms with Crippen LogP contribution in [-0.2, 0) is 9.53 Å². The number of hydrogen-bond donors (Lipinski definition) is 1. The van der Waals surface area contributed by atoms with Crippen molar-refractivity contribution in [1.29, 1.82) is 0 Å². The Balaban J connectivity index is 1.97. The summed E-state index contributed by atoms with van der Waals surface area (Å²) in [6.07, 6.45) is 0. The van der Waals surface area contributed by atoms with Crippen molar-refractivity contribution in [2.75, 3.05) is 11.9 Å². The topological polar surface area (TPSA) is 56.1 Å². The number of carbonyl (C=O) groups is 1. The van der Waals surface area contributed by atoms with Crippen molar-refractivity contribution >= 4 is 38.9 Å². The monoisotopic (exact) mass is 411 g/mol. The molecular weight excluding hydrogens is 394 g/mol. The van der Waals surface area contributed by atoms with Gasteiger partial charge in [0.1, 0.15) is 0 Å². The molecule has 0 saturated heterocycles. The summed E-state index contributed by atoms with van der Waals surface area (Å²) in [6.45, 7) is 4.04. The molecule has 1 N–H and O–H groups in total. The second-order valence-corrected chi connectivity index (χ2v) is 7.05. The molecule has 1 aromatic heterocycles. The molecule has 4 rings (SSSR count). The quantitative estimate of drug-likeness (QED) is 0.637. The molecular formula is C20H18BrN3O2. The van der Waals surface area contributed by atoms with Crippen LogP contribution in [0.15, 0.2) is 64.3 Å². The molecule has 0 fully saturated rings. The van der Waals surface area contributed by atoms with Crippen LogP contribution < -0.4 is 5.32 Å². The third-order valence-corrected chi connectivity index (χ3v) is 5.04. The van der Waals surface area contributed by atoms with E-state index in [2.05, 4.69) is 25.8 Å². The van der Waals surface area contributed by atoms with Gasteiger partial charge in [-0.15, -0.1) is 0 Å². The van der Waals surface area contributed by atoms with E-state index in [1.807, 2.05) is 62.4 Å². The number of halogens is 1. The van der Waals surface area contributed by atoms with Crippen molar-refractivity contribution in [3.05, 3.63) is 69.8 Å². The van der Waals surface area contributed by atoms with Crippen molar-refractivity contribution in [2.24, 2.45) is 0 Å². The van der Waals surface area contributed by atoms with Crippen molar-refractivity contribution < 1.29 is 9.53 Å². The number of nitrogens with zero attached hydrogens (tertiary/aromatic N) is 2. The number of rotatable bonds is 3. The molecule has 1 aliphatic rings. The lowest BCUT2D eigenvalue weighted by Crippen LogP contribution is -2.28. The lowest BCUT2D eigenvalue weighted by molar-refractivity contribution is -0.139. The van der Waals surface area contributed by atoms with E-state index >= 15 is 0 Å². The largest absolute Gasteiger partial charge is 0.463 e. The number of benzene rings is 2. The summed E-state index contributed by atoms with van der Waals surface area (Å²) >= 11 is 3.48. The number of esters is 1. The number of aromatic nitrogens is 2. The number of allylic oxidation sites excluding steroid dienone is 1. The highest BCUT2D eigenvalue weighted by molar-refractivity contribution is 9.10. The average molecular weight is 412 g/mol. The van der Waals surface area contributed by atoms with Gasteiger partial charge in [0.15, 0.2) is 0 Å². The number of para-hydroxylation sites is 2. The lowest BCUT2D eigenvalue weighted by Gasteiger charge is -2.30. The van der Waals surface area contributed by atoms with E-state index < -0.39 is 0 Å². The van der Waals surface area contributed by atoms with Crippen LogP contribution in [0.4, 0.5) is 5.95 Å². The zero-order valence-corrected chi connectivity index (χ0v) is 16.1. The number of nitrogens with one attached hydrogen (secondary N) is 1. The van der Waals surface area contributed by atoms with Crippen LogP contribution in [0.2, 0.25) is 0 Å². The first-order valence-corrected chi connectivity index (χ1v) is 9.26. The fraction of sp³-hybridized carbons (Fsp3) is 0.200. The van der Waals surface area contributed by atoms with Crippen LogP contribution in [0.3, 0.4) is 0 Å². The van der Waals surface area contributed by atoms with Crippen LogP contribution in [0.25, 0.3) is 11.0 Å². The van der Waals surface area contributed by atoms with Gasteiger partial charge >= 0.3 is 5.97 Å². The fourth-order valence-corrected chi connectivity index (χ4v) is 3.66. The van der Waals surface area contributed by atoms with E-state index in [0.717, 1.165) is 32.7 Å². The summed E-state index contributed by atoms with van der Waals surface area (Å²) in [4.78, 5) is 17.5. The number of carbonyl (C=O) groups excluding carboxylic acids is 1. The maximum absolute atomic E-state index is 12.8. The molecule has 0 aliphatic carbocycles. The number of hydrogen-bond acceptors (Lipinski definition) is 4. The highest BCUT2D eigenvalue weighted by Gasteiger charge is 2.34. The molecule has 2 heterocycles. The zero-order chi connectivity index (χ0) is 18.3. The molecule has 0 bridgehead atoms. The van der Waals surface area contributed by atoms with Gasteiger partial charge in [0.2, 0.25) is 5.95 Å². The molecule has 3 aromatic rings. The minimum absolute atomic E-state index is 0.300. The van der Waals surface area contributed by atoms with Crippen LogP contribution in [-0.4, -0.2) is 22.1 Å². The second kappa shape index (κ2) is 6.61. The van der Waals surface area contributed by atoms with Crippen LogP contribution in [0.1, 0.15) is 25.5 Å². The van der Waals surface area contributed by atoms with E-state index in [1.165, 1.54) is 0 Å². The predicted octanol–water partition coefficient (Wildman–Crippen LogP) is 4.65. The van der Waals surface area contributed by atoms with E-state index in [4.69, 9.17) is 9.72 Å². The summed E-state index contributed by atoms with van der Waals surface area (Å²) < 4.78 is 8.41. The molecule has 0 amide bonds. The van der Waals surface area contributed by atoms with E-state index in [-0.39, 0.29) is 12.0 Å². The number of anilines is 1. The van der Waals surface area contributed by atoms with Gasteiger partial charge in [-0.25, -0.2) is 9.78 Å². The molecule has 0 radical (unpaired) electrons. The number of ether oxygens (including phenoxy) is 1. The maximum atomic E-state index is 12.8. The van der Waals surface area contributed by atoms with Crippen LogP contribution in [0.5, 0.6) is 0 Å². The predicted molar refractivity (Wildman–Crippen MR) is 105 cm³/mol. The van der Waals surface area contributed by atoms with Crippen LogP contribution >= 0.6 is 15.9 Å². The second-order valence-electron chi connectivity index (χ2n) is 6.13. The van der Waals surface area contributed by atoms with Gasteiger partial charge < -0.3 is 10.1 Å². The lowest BCUT2D eigenvalue weighted by atomic mass is 9.95. The molecule has 0 saturated carbocycles. The first kappa shape index (κ1) is 16.8. The first-order chi connectivity index (χ1) is 12.6. The van der Waals surface area contributed by atoms with E-state index in [1.54, 1.807) is 0 Å². The summed E-state index contributed by atoms with van der Waals surface area (Å²) in [5.41, 5.74) is 4.22. The smallest absolute Gasteiger partial charge is 0.338 e. The number of imidazole rings is 1. The highest BCUT2D eigenvalue weighted by atomic mass is 79.9. The molecule has 26 heavy (non-hydrogen) atoms. The zero-order valence-electron chi connectivity index (χ0n) is 14.5. The third-order valence-electron chi connectivity index (χ3n) is 4.51.